The molecule has 0 aliphatic carbocycles. The first-order valence-corrected chi connectivity index (χ1v) is 10.2. The molecule has 5 nitrogen and oxygen atoms in total. The molecule has 29 heavy (non-hydrogen) atoms. The van der Waals surface area contributed by atoms with Gasteiger partial charge in [0.05, 0.1) is 20.7 Å². The summed E-state index contributed by atoms with van der Waals surface area (Å²) >= 11 is 15.7. The standard InChI is InChI=1S/C21H17BrCl2N2O3/c1-12-8-13(2)21(16(22)9-12)28-11-19(27)26-25-10-14-6-7-18(29-14)15-4-3-5-17(23)20(15)24/h3-10H,11H2,1-2H3,(H,26,27). The normalized spacial score (nSPS) is 11.1. The Labute approximate surface area is 186 Å². The van der Waals surface area contributed by atoms with E-state index in [0.717, 1.165) is 15.6 Å². The Kier molecular flexibility index (Phi) is 7.00. The molecule has 0 spiro atoms. The molecule has 3 aromatic rings. The fourth-order valence-electron chi connectivity index (χ4n) is 2.68. The van der Waals surface area contributed by atoms with Crippen molar-refractivity contribution in [2.45, 2.75) is 13.8 Å². The van der Waals surface area contributed by atoms with Crippen LogP contribution in [-0.4, -0.2) is 18.7 Å². The van der Waals surface area contributed by atoms with Gasteiger partial charge in [-0.05, 0) is 71.2 Å². The van der Waals surface area contributed by atoms with E-state index in [2.05, 4.69) is 26.5 Å². The summed E-state index contributed by atoms with van der Waals surface area (Å²) < 4.78 is 12.1. The van der Waals surface area contributed by atoms with Gasteiger partial charge in [0.25, 0.3) is 5.91 Å². The van der Waals surface area contributed by atoms with Crippen molar-refractivity contribution in [2.24, 2.45) is 5.10 Å². The molecule has 0 saturated carbocycles. The lowest BCUT2D eigenvalue weighted by Crippen LogP contribution is -2.24. The third-order valence-electron chi connectivity index (χ3n) is 3.95. The van der Waals surface area contributed by atoms with E-state index < -0.39 is 5.91 Å². The minimum atomic E-state index is -0.391. The van der Waals surface area contributed by atoms with Crippen molar-refractivity contribution in [1.82, 2.24) is 5.43 Å². The average Bonchev–Trinajstić information content (AvgIpc) is 3.11. The number of carbonyl (C=O) groups is 1. The van der Waals surface area contributed by atoms with Crippen LogP contribution in [0.25, 0.3) is 11.3 Å². The lowest BCUT2D eigenvalue weighted by Gasteiger charge is -2.11. The number of hydrogen-bond donors (Lipinski definition) is 1. The number of carbonyl (C=O) groups excluding carboxylic acids is 1. The molecule has 0 radical (unpaired) electrons. The van der Waals surface area contributed by atoms with Crippen molar-refractivity contribution >= 4 is 51.3 Å². The second kappa shape index (κ2) is 9.48. The van der Waals surface area contributed by atoms with Crippen molar-refractivity contribution in [3.8, 4) is 17.1 Å². The topological polar surface area (TPSA) is 63.8 Å². The first-order valence-electron chi connectivity index (χ1n) is 8.61. The van der Waals surface area contributed by atoms with Gasteiger partial charge in [0, 0.05) is 5.56 Å². The molecule has 0 aliphatic heterocycles. The number of hydrazone groups is 1. The van der Waals surface area contributed by atoms with Crippen LogP contribution in [-0.2, 0) is 4.79 Å². The number of nitrogens with zero attached hydrogens (tertiary/aromatic N) is 1. The van der Waals surface area contributed by atoms with E-state index in [1.54, 1.807) is 30.3 Å². The van der Waals surface area contributed by atoms with Crippen LogP contribution in [0.4, 0.5) is 0 Å². The number of rotatable bonds is 6. The molecule has 1 amide bonds. The van der Waals surface area contributed by atoms with Gasteiger partial charge in [-0.15, -0.1) is 0 Å². The van der Waals surface area contributed by atoms with Crippen molar-refractivity contribution in [1.29, 1.82) is 0 Å². The zero-order valence-electron chi connectivity index (χ0n) is 15.6. The quantitative estimate of drug-likeness (QED) is 0.329. The molecule has 0 fully saturated rings. The van der Waals surface area contributed by atoms with Gasteiger partial charge < -0.3 is 9.15 Å². The lowest BCUT2D eigenvalue weighted by molar-refractivity contribution is -0.123. The highest BCUT2D eigenvalue weighted by Crippen LogP contribution is 2.34. The molecule has 8 heteroatoms. The van der Waals surface area contributed by atoms with Crippen LogP contribution in [0.2, 0.25) is 10.0 Å². The Morgan fingerprint density at radius 3 is 2.79 bits per heavy atom. The first kappa shape index (κ1) is 21.4. The van der Waals surface area contributed by atoms with Crippen LogP contribution >= 0.6 is 39.1 Å². The van der Waals surface area contributed by atoms with E-state index in [1.807, 2.05) is 26.0 Å². The Balaban J connectivity index is 1.57. The maximum atomic E-state index is 12.0. The van der Waals surface area contributed by atoms with Crippen LogP contribution in [0.1, 0.15) is 16.9 Å². The Bertz CT molecular complexity index is 1060. The number of aryl methyl sites for hydroxylation is 2. The minimum absolute atomic E-state index is 0.165. The highest BCUT2D eigenvalue weighted by atomic mass is 79.9. The van der Waals surface area contributed by atoms with E-state index in [-0.39, 0.29) is 6.61 Å². The summed E-state index contributed by atoms with van der Waals surface area (Å²) in [6, 6.07) is 12.7. The first-order chi connectivity index (χ1) is 13.8. The number of halogens is 3. The largest absolute Gasteiger partial charge is 0.482 e. The van der Waals surface area contributed by atoms with E-state index in [0.29, 0.717) is 32.9 Å². The van der Waals surface area contributed by atoms with Gasteiger partial charge in [0.2, 0.25) is 0 Å². The molecule has 1 aromatic heterocycles. The zero-order valence-corrected chi connectivity index (χ0v) is 18.7. The molecular formula is C21H17BrCl2N2O3. The van der Waals surface area contributed by atoms with Crippen molar-refractivity contribution < 1.29 is 13.9 Å². The summed E-state index contributed by atoms with van der Waals surface area (Å²) in [6.45, 7) is 3.74. The number of hydrogen-bond acceptors (Lipinski definition) is 4. The minimum Gasteiger partial charge on any atom is -0.482 e. The smallest absolute Gasteiger partial charge is 0.277 e. The summed E-state index contributed by atoms with van der Waals surface area (Å²) in [4.78, 5) is 12.0. The molecule has 0 atom stereocenters. The molecule has 2 aromatic carbocycles. The molecule has 0 bridgehead atoms. The van der Waals surface area contributed by atoms with E-state index in [9.17, 15) is 4.79 Å². The van der Waals surface area contributed by atoms with Gasteiger partial charge >= 0.3 is 0 Å². The Hall–Kier alpha value is -2.28. The van der Waals surface area contributed by atoms with Gasteiger partial charge in [0.1, 0.15) is 17.3 Å². The third kappa shape index (κ3) is 5.41. The molecule has 3 rings (SSSR count). The monoisotopic (exact) mass is 494 g/mol. The molecule has 1 N–H and O–H groups in total. The number of furan rings is 1. The summed E-state index contributed by atoms with van der Waals surface area (Å²) in [6.07, 6.45) is 1.40. The fraction of sp³-hybridized carbons (Fsp3) is 0.143. The van der Waals surface area contributed by atoms with Crippen LogP contribution in [0.3, 0.4) is 0 Å². The predicted molar refractivity (Wildman–Crippen MR) is 119 cm³/mol. The molecule has 0 unspecified atom stereocenters. The van der Waals surface area contributed by atoms with Crippen molar-refractivity contribution in [3.63, 3.8) is 0 Å². The van der Waals surface area contributed by atoms with Crippen molar-refractivity contribution in [2.75, 3.05) is 6.61 Å². The van der Waals surface area contributed by atoms with Gasteiger partial charge in [-0.2, -0.15) is 5.10 Å². The zero-order chi connectivity index (χ0) is 21.0. The number of nitrogens with one attached hydrogen (secondary N) is 1. The van der Waals surface area contributed by atoms with E-state index in [4.69, 9.17) is 32.4 Å². The molecular weight excluding hydrogens is 479 g/mol. The number of amides is 1. The highest BCUT2D eigenvalue weighted by molar-refractivity contribution is 9.10. The van der Waals surface area contributed by atoms with E-state index in [1.165, 1.54) is 6.21 Å². The maximum absolute atomic E-state index is 12.0. The van der Waals surface area contributed by atoms with Crippen molar-refractivity contribution in [3.05, 3.63) is 73.9 Å². The highest BCUT2D eigenvalue weighted by Gasteiger charge is 2.11. The van der Waals surface area contributed by atoms with E-state index >= 15 is 0 Å². The van der Waals surface area contributed by atoms with Gasteiger partial charge in [-0.25, -0.2) is 5.43 Å². The lowest BCUT2D eigenvalue weighted by atomic mass is 10.1. The maximum Gasteiger partial charge on any atom is 0.277 e. The van der Waals surface area contributed by atoms with Gasteiger partial charge in [-0.1, -0.05) is 35.3 Å². The Morgan fingerprint density at radius 2 is 2.03 bits per heavy atom. The second-order valence-corrected chi connectivity index (χ2v) is 7.92. The third-order valence-corrected chi connectivity index (χ3v) is 5.35. The van der Waals surface area contributed by atoms with Crippen LogP contribution in [0.15, 0.2) is 56.5 Å². The summed E-state index contributed by atoms with van der Waals surface area (Å²) in [5.74, 6) is 1.24. The molecule has 1 heterocycles. The Morgan fingerprint density at radius 1 is 1.24 bits per heavy atom. The predicted octanol–water partition coefficient (Wildman–Crippen LogP) is 6.16. The van der Waals surface area contributed by atoms with Gasteiger partial charge in [-0.3, -0.25) is 4.79 Å². The average molecular weight is 496 g/mol. The SMILES string of the molecule is Cc1cc(C)c(OCC(=O)NN=Cc2ccc(-c3cccc(Cl)c3Cl)o2)c(Br)c1. The van der Waals surface area contributed by atoms with Crippen LogP contribution in [0, 0.1) is 13.8 Å². The second-order valence-electron chi connectivity index (χ2n) is 6.28. The van der Waals surface area contributed by atoms with Crippen LogP contribution < -0.4 is 10.2 Å². The van der Waals surface area contributed by atoms with Crippen LogP contribution in [0.5, 0.6) is 5.75 Å². The summed E-state index contributed by atoms with van der Waals surface area (Å²) in [7, 11) is 0. The van der Waals surface area contributed by atoms with Gasteiger partial charge in [0.15, 0.2) is 6.61 Å². The molecule has 150 valence electrons. The number of benzene rings is 2. The summed E-state index contributed by atoms with van der Waals surface area (Å²) in [5.41, 5.74) is 5.13. The number of ether oxygens (including phenoxy) is 1. The molecule has 0 aliphatic rings. The summed E-state index contributed by atoms with van der Waals surface area (Å²) in [5, 5.41) is 4.75. The fourth-order valence-corrected chi connectivity index (χ4v) is 3.87. The molecule has 0 saturated heterocycles.